The van der Waals surface area contributed by atoms with Gasteiger partial charge in [-0.3, -0.25) is 0 Å². The fourth-order valence-electron chi connectivity index (χ4n) is 3.10. The molecule has 3 heteroatoms. The van der Waals surface area contributed by atoms with E-state index in [1.165, 1.54) is 24.0 Å². The number of hydrogen-bond donors (Lipinski definition) is 2. The first-order valence-electron chi connectivity index (χ1n) is 8.25. The summed E-state index contributed by atoms with van der Waals surface area (Å²) >= 11 is 0. The molecule has 2 N–H and O–H groups in total. The van der Waals surface area contributed by atoms with Gasteiger partial charge < -0.3 is 15.3 Å². The highest BCUT2D eigenvalue weighted by atomic mass is 16.3. The van der Waals surface area contributed by atoms with E-state index in [1.807, 2.05) is 0 Å². The van der Waals surface area contributed by atoms with Crippen LogP contribution in [0, 0.1) is 12.8 Å². The molecule has 0 aliphatic carbocycles. The number of nitrogens with one attached hydrogen (secondary N) is 1. The summed E-state index contributed by atoms with van der Waals surface area (Å²) in [5, 5.41) is 13.7. The molecule has 0 bridgehead atoms. The van der Waals surface area contributed by atoms with Crippen molar-refractivity contribution < 1.29 is 5.11 Å². The molecule has 0 saturated carbocycles. The quantitative estimate of drug-likeness (QED) is 0.845. The van der Waals surface area contributed by atoms with Crippen molar-refractivity contribution in [3.05, 3.63) is 35.4 Å². The van der Waals surface area contributed by atoms with E-state index in [-0.39, 0.29) is 12.1 Å². The molecule has 0 amide bonds. The number of rotatable bonds is 6. The topological polar surface area (TPSA) is 35.5 Å². The van der Waals surface area contributed by atoms with E-state index < -0.39 is 0 Å². The standard InChI is InChI=1S/C18H30N2O/c1-14-8-10-20(11-9-14)13-17(21)12-19-16(3)18-7-5-4-6-15(18)2/h4-7,14,16-17,19,21H,8-13H2,1-3H3. The van der Waals surface area contributed by atoms with Crippen molar-refractivity contribution in [2.75, 3.05) is 26.2 Å². The number of nitrogens with zero attached hydrogens (tertiary/aromatic N) is 1. The van der Waals surface area contributed by atoms with Crippen LogP contribution in [0.4, 0.5) is 0 Å². The van der Waals surface area contributed by atoms with Gasteiger partial charge in [-0.15, -0.1) is 0 Å². The lowest BCUT2D eigenvalue weighted by Gasteiger charge is -2.32. The zero-order valence-electron chi connectivity index (χ0n) is 13.7. The van der Waals surface area contributed by atoms with Crippen LogP contribution in [0.25, 0.3) is 0 Å². The van der Waals surface area contributed by atoms with E-state index in [2.05, 4.69) is 55.3 Å². The summed E-state index contributed by atoms with van der Waals surface area (Å²) in [7, 11) is 0. The Labute approximate surface area is 129 Å². The van der Waals surface area contributed by atoms with Gasteiger partial charge in [0.25, 0.3) is 0 Å². The van der Waals surface area contributed by atoms with Crippen LogP contribution in [-0.2, 0) is 0 Å². The van der Waals surface area contributed by atoms with Crippen molar-refractivity contribution in [3.63, 3.8) is 0 Å². The minimum atomic E-state index is -0.287. The fourth-order valence-corrected chi connectivity index (χ4v) is 3.10. The monoisotopic (exact) mass is 290 g/mol. The Kier molecular flexibility index (Phi) is 6.22. The highest BCUT2D eigenvalue weighted by molar-refractivity contribution is 5.28. The summed E-state index contributed by atoms with van der Waals surface area (Å²) in [6, 6.07) is 8.72. The van der Waals surface area contributed by atoms with Crippen molar-refractivity contribution in [1.82, 2.24) is 10.2 Å². The first kappa shape index (κ1) is 16.5. The Morgan fingerprint density at radius 3 is 2.62 bits per heavy atom. The maximum Gasteiger partial charge on any atom is 0.0791 e. The van der Waals surface area contributed by atoms with Gasteiger partial charge in [-0.05, 0) is 56.8 Å². The van der Waals surface area contributed by atoms with Crippen LogP contribution in [-0.4, -0.2) is 42.3 Å². The van der Waals surface area contributed by atoms with Gasteiger partial charge in [-0.25, -0.2) is 0 Å². The number of benzene rings is 1. The lowest BCUT2D eigenvalue weighted by molar-refractivity contribution is 0.0892. The lowest BCUT2D eigenvalue weighted by atomic mass is 9.99. The number of hydrogen-bond acceptors (Lipinski definition) is 3. The van der Waals surface area contributed by atoms with Gasteiger partial charge in [-0.1, -0.05) is 31.2 Å². The zero-order valence-corrected chi connectivity index (χ0v) is 13.7. The third kappa shape index (κ3) is 5.10. The predicted octanol–water partition coefficient (Wildman–Crippen LogP) is 2.74. The molecule has 1 aromatic carbocycles. The van der Waals surface area contributed by atoms with Crippen LogP contribution < -0.4 is 5.32 Å². The Morgan fingerprint density at radius 1 is 1.29 bits per heavy atom. The van der Waals surface area contributed by atoms with Crippen molar-refractivity contribution in [1.29, 1.82) is 0 Å². The summed E-state index contributed by atoms with van der Waals surface area (Å²) < 4.78 is 0. The maximum atomic E-state index is 10.2. The summed E-state index contributed by atoms with van der Waals surface area (Å²) in [5.41, 5.74) is 2.62. The van der Waals surface area contributed by atoms with Gasteiger partial charge in [-0.2, -0.15) is 0 Å². The van der Waals surface area contributed by atoms with Crippen LogP contribution in [0.3, 0.4) is 0 Å². The van der Waals surface area contributed by atoms with Gasteiger partial charge in [0.1, 0.15) is 0 Å². The molecule has 1 aliphatic rings. The number of β-amino-alcohol motifs (C(OH)–C–C–N with tert-alkyl or cyclic N) is 1. The van der Waals surface area contributed by atoms with Crippen molar-refractivity contribution in [2.24, 2.45) is 5.92 Å². The van der Waals surface area contributed by atoms with Crippen LogP contribution in [0.15, 0.2) is 24.3 Å². The fraction of sp³-hybridized carbons (Fsp3) is 0.667. The molecule has 1 aromatic rings. The predicted molar refractivity (Wildman–Crippen MR) is 88.4 cm³/mol. The molecular weight excluding hydrogens is 260 g/mol. The summed E-state index contributed by atoms with van der Waals surface area (Å²) in [4.78, 5) is 2.39. The second kappa shape index (κ2) is 7.92. The van der Waals surface area contributed by atoms with Crippen molar-refractivity contribution in [2.45, 2.75) is 45.8 Å². The zero-order chi connectivity index (χ0) is 15.2. The Balaban J connectivity index is 1.73. The molecule has 0 radical (unpaired) electrons. The van der Waals surface area contributed by atoms with Crippen LogP contribution >= 0.6 is 0 Å². The van der Waals surface area contributed by atoms with Gasteiger partial charge in [0, 0.05) is 19.1 Å². The summed E-state index contributed by atoms with van der Waals surface area (Å²) in [6.45, 7) is 10.3. The Bertz CT molecular complexity index is 427. The van der Waals surface area contributed by atoms with E-state index in [0.29, 0.717) is 6.54 Å². The van der Waals surface area contributed by atoms with Crippen LogP contribution in [0.2, 0.25) is 0 Å². The van der Waals surface area contributed by atoms with Gasteiger partial charge in [0.05, 0.1) is 6.10 Å². The van der Waals surface area contributed by atoms with Gasteiger partial charge >= 0.3 is 0 Å². The molecule has 2 atom stereocenters. The van der Waals surface area contributed by atoms with Crippen molar-refractivity contribution >= 4 is 0 Å². The number of piperidine rings is 1. The molecule has 1 fully saturated rings. The van der Waals surface area contributed by atoms with E-state index in [4.69, 9.17) is 0 Å². The van der Waals surface area contributed by atoms with Crippen LogP contribution in [0.5, 0.6) is 0 Å². The molecular formula is C18H30N2O. The second-order valence-corrected chi connectivity index (χ2v) is 6.62. The number of aryl methyl sites for hydroxylation is 1. The van der Waals surface area contributed by atoms with E-state index in [1.54, 1.807) is 0 Å². The highest BCUT2D eigenvalue weighted by Crippen LogP contribution is 2.17. The summed E-state index contributed by atoms with van der Waals surface area (Å²) in [5.74, 6) is 0.845. The molecule has 0 spiro atoms. The van der Waals surface area contributed by atoms with E-state index >= 15 is 0 Å². The molecule has 3 nitrogen and oxygen atoms in total. The minimum Gasteiger partial charge on any atom is -0.390 e. The normalized spacial score (nSPS) is 20.4. The number of aliphatic hydroxyl groups is 1. The second-order valence-electron chi connectivity index (χ2n) is 6.62. The molecule has 2 unspecified atom stereocenters. The van der Waals surface area contributed by atoms with E-state index in [9.17, 15) is 5.11 Å². The smallest absolute Gasteiger partial charge is 0.0791 e. The first-order chi connectivity index (χ1) is 10.1. The third-order valence-electron chi connectivity index (χ3n) is 4.66. The average Bonchev–Trinajstić information content (AvgIpc) is 2.48. The Hall–Kier alpha value is -0.900. The Morgan fingerprint density at radius 2 is 1.95 bits per heavy atom. The van der Waals surface area contributed by atoms with Crippen molar-refractivity contribution in [3.8, 4) is 0 Å². The summed E-state index contributed by atoms with van der Waals surface area (Å²) in [6.07, 6.45) is 2.24. The molecule has 2 rings (SSSR count). The average molecular weight is 290 g/mol. The third-order valence-corrected chi connectivity index (χ3v) is 4.66. The maximum absolute atomic E-state index is 10.2. The molecule has 21 heavy (non-hydrogen) atoms. The lowest BCUT2D eigenvalue weighted by Crippen LogP contribution is -2.42. The molecule has 1 aliphatic heterocycles. The number of aliphatic hydroxyl groups excluding tert-OH is 1. The molecule has 1 saturated heterocycles. The molecule has 1 heterocycles. The minimum absolute atomic E-state index is 0.280. The largest absolute Gasteiger partial charge is 0.390 e. The SMILES string of the molecule is Cc1ccccc1C(C)NCC(O)CN1CCC(C)CC1. The van der Waals surface area contributed by atoms with Gasteiger partial charge in [0.2, 0.25) is 0 Å². The molecule has 118 valence electrons. The first-order valence-corrected chi connectivity index (χ1v) is 8.25. The number of likely N-dealkylation sites (tertiary alicyclic amines) is 1. The van der Waals surface area contributed by atoms with E-state index in [0.717, 1.165) is 25.6 Å². The molecule has 0 aromatic heterocycles. The van der Waals surface area contributed by atoms with Crippen LogP contribution in [0.1, 0.15) is 43.9 Å². The van der Waals surface area contributed by atoms with Gasteiger partial charge in [0.15, 0.2) is 0 Å². The highest BCUT2D eigenvalue weighted by Gasteiger charge is 2.18.